The van der Waals surface area contributed by atoms with Gasteiger partial charge in [0.1, 0.15) is 5.70 Å². The van der Waals surface area contributed by atoms with Crippen molar-refractivity contribution in [3.05, 3.63) is 100 Å². The van der Waals surface area contributed by atoms with Crippen molar-refractivity contribution >= 4 is 44.4 Å². The number of nitro benzene ring substituents is 1. The first-order valence-electron chi connectivity index (χ1n) is 9.78. The number of nitrogens with one attached hydrogen (secondary N) is 2. The molecule has 0 aliphatic carbocycles. The zero-order valence-electron chi connectivity index (χ0n) is 16.1. The van der Waals surface area contributed by atoms with Gasteiger partial charge in [-0.2, -0.15) is 0 Å². The summed E-state index contributed by atoms with van der Waals surface area (Å²) < 4.78 is 6.12. The summed E-state index contributed by atoms with van der Waals surface area (Å²) >= 11 is 0. The fourth-order valence-electron chi connectivity index (χ4n) is 4.32. The van der Waals surface area contributed by atoms with E-state index in [0.717, 1.165) is 27.1 Å². The molecule has 0 saturated heterocycles. The number of hydrogen-bond donors (Lipinski definition) is 2. The molecule has 1 unspecified atom stereocenters. The maximum Gasteiger partial charge on any atom is 0.271 e. The van der Waals surface area contributed by atoms with Gasteiger partial charge in [-0.25, -0.2) is 0 Å². The van der Waals surface area contributed by atoms with E-state index < -0.39 is 11.0 Å². The lowest BCUT2D eigenvalue weighted by Crippen LogP contribution is -2.18. The molecule has 0 amide bonds. The number of nitro groups is 1. The number of benzene rings is 4. The first-order chi connectivity index (χ1) is 15.1. The van der Waals surface area contributed by atoms with E-state index in [9.17, 15) is 14.9 Å². The molecule has 2 heterocycles. The Hall–Kier alpha value is -4.39. The molecule has 4 aromatic rings. The first-order valence-corrected chi connectivity index (χ1v) is 9.78. The van der Waals surface area contributed by atoms with Crippen molar-refractivity contribution < 1.29 is 14.5 Å². The van der Waals surface area contributed by atoms with Gasteiger partial charge in [0.25, 0.3) is 5.69 Å². The summed E-state index contributed by atoms with van der Waals surface area (Å²) in [4.78, 5) is 24.1. The number of anilines is 2. The Morgan fingerprint density at radius 1 is 0.839 bits per heavy atom. The van der Waals surface area contributed by atoms with Crippen molar-refractivity contribution in [2.24, 2.45) is 0 Å². The molecule has 0 bridgehead atoms. The molecule has 7 nitrogen and oxygen atoms in total. The minimum atomic E-state index is -0.828. The van der Waals surface area contributed by atoms with Crippen LogP contribution in [0.5, 0.6) is 0 Å². The van der Waals surface area contributed by atoms with Crippen LogP contribution in [0.4, 0.5) is 17.1 Å². The molecule has 0 radical (unpaired) electrons. The van der Waals surface area contributed by atoms with Crippen LogP contribution in [0, 0.1) is 10.1 Å². The number of Topliss-reactive ketones (excluding diaryl/α,β-unsaturated/α-hetero) is 1. The molecule has 0 saturated carbocycles. The van der Waals surface area contributed by atoms with Gasteiger partial charge >= 0.3 is 0 Å². The van der Waals surface area contributed by atoms with E-state index in [1.807, 2.05) is 48.5 Å². The number of non-ortho nitro benzene ring substituents is 1. The second-order valence-corrected chi connectivity index (χ2v) is 7.54. The molecular formula is C24H15N3O4. The van der Waals surface area contributed by atoms with E-state index in [4.69, 9.17) is 4.74 Å². The molecule has 0 aromatic heterocycles. The van der Waals surface area contributed by atoms with Gasteiger partial charge in [0.2, 0.25) is 11.7 Å². The van der Waals surface area contributed by atoms with Crippen LogP contribution in [0.25, 0.3) is 21.5 Å². The summed E-state index contributed by atoms with van der Waals surface area (Å²) in [5.41, 5.74) is 2.17. The fraction of sp³-hybridized carbons (Fsp3) is 0.0417. The average Bonchev–Trinajstić information content (AvgIpc) is 3.10. The van der Waals surface area contributed by atoms with Crippen LogP contribution in [0.2, 0.25) is 0 Å². The number of fused-ring (bicyclic) bond motifs is 3. The van der Waals surface area contributed by atoms with Gasteiger partial charge in [0, 0.05) is 17.7 Å². The second kappa shape index (κ2) is 6.30. The highest BCUT2D eigenvalue weighted by molar-refractivity contribution is 6.12. The summed E-state index contributed by atoms with van der Waals surface area (Å²) in [6.07, 6.45) is -0.828. The number of rotatable bonds is 2. The molecule has 7 heteroatoms. The maximum absolute atomic E-state index is 13.4. The first kappa shape index (κ1) is 17.5. The lowest BCUT2D eigenvalue weighted by atomic mass is 9.91. The number of ether oxygens (including phenoxy) is 1. The van der Waals surface area contributed by atoms with Gasteiger partial charge in [-0.1, -0.05) is 48.5 Å². The summed E-state index contributed by atoms with van der Waals surface area (Å²) in [6, 6.07) is 22.3. The largest absolute Gasteiger partial charge is 0.461 e. The topological polar surface area (TPSA) is 93.5 Å². The quantitative estimate of drug-likeness (QED) is 0.267. The lowest BCUT2D eigenvalue weighted by Gasteiger charge is -2.20. The van der Waals surface area contributed by atoms with Crippen LogP contribution >= 0.6 is 0 Å². The number of carbonyl (C=O) groups is 1. The second-order valence-electron chi connectivity index (χ2n) is 7.54. The minimum Gasteiger partial charge on any atom is -0.461 e. The van der Waals surface area contributed by atoms with Crippen LogP contribution in [0.1, 0.15) is 11.7 Å². The van der Waals surface area contributed by atoms with E-state index in [1.54, 1.807) is 6.07 Å². The summed E-state index contributed by atoms with van der Waals surface area (Å²) in [7, 11) is 0. The average molecular weight is 409 g/mol. The highest BCUT2D eigenvalue weighted by atomic mass is 16.6. The summed E-state index contributed by atoms with van der Waals surface area (Å²) in [6.45, 7) is 0. The predicted octanol–water partition coefficient (Wildman–Crippen LogP) is 5.25. The molecule has 0 spiro atoms. The highest BCUT2D eigenvalue weighted by Crippen LogP contribution is 2.44. The Morgan fingerprint density at radius 3 is 2.19 bits per heavy atom. The zero-order chi connectivity index (χ0) is 21.1. The van der Waals surface area contributed by atoms with E-state index in [0.29, 0.717) is 17.1 Å². The Kier molecular flexibility index (Phi) is 3.55. The Labute approximate surface area is 176 Å². The molecule has 0 fully saturated rings. The van der Waals surface area contributed by atoms with E-state index >= 15 is 0 Å². The normalized spacial score (nSPS) is 17.0. The van der Waals surface area contributed by atoms with Gasteiger partial charge in [-0.05, 0) is 33.7 Å². The highest BCUT2D eigenvalue weighted by Gasteiger charge is 2.40. The van der Waals surface area contributed by atoms with Crippen molar-refractivity contribution in [2.75, 3.05) is 10.6 Å². The van der Waals surface area contributed by atoms with E-state index in [2.05, 4.69) is 16.7 Å². The van der Waals surface area contributed by atoms with Crippen molar-refractivity contribution in [3.63, 3.8) is 0 Å². The third-order valence-electron chi connectivity index (χ3n) is 5.74. The van der Waals surface area contributed by atoms with Gasteiger partial charge in [0.15, 0.2) is 6.10 Å². The van der Waals surface area contributed by atoms with Gasteiger partial charge < -0.3 is 15.4 Å². The van der Waals surface area contributed by atoms with Crippen LogP contribution in [-0.2, 0) is 9.53 Å². The Balaban J connectivity index is 1.47. The van der Waals surface area contributed by atoms with Gasteiger partial charge in [0.05, 0.1) is 16.3 Å². The van der Waals surface area contributed by atoms with Gasteiger partial charge in [-0.15, -0.1) is 0 Å². The van der Waals surface area contributed by atoms with Crippen LogP contribution in [-0.4, -0.2) is 10.7 Å². The van der Waals surface area contributed by atoms with Gasteiger partial charge in [-0.3, -0.25) is 14.9 Å². The molecule has 4 aromatic carbocycles. The van der Waals surface area contributed by atoms with Crippen molar-refractivity contribution in [3.8, 4) is 0 Å². The standard InChI is InChI=1S/C24H15N3O4/c28-22-21-24(26-19-12-15(27(29)30)9-10-18(19)25-21)31-23(22)20-16-7-3-1-5-13(16)11-14-6-2-4-8-17(14)20/h1-12,23,25-26H. The van der Waals surface area contributed by atoms with Crippen molar-refractivity contribution in [1.82, 2.24) is 0 Å². The smallest absolute Gasteiger partial charge is 0.271 e. The summed E-state index contributed by atoms with van der Waals surface area (Å²) in [5, 5.41) is 21.2. The van der Waals surface area contributed by atoms with Crippen molar-refractivity contribution in [2.45, 2.75) is 6.10 Å². The molecule has 31 heavy (non-hydrogen) atoms. The Morgan fingerprint density at radius 2 is 1.52 bits per heavy atom. The molecular weight excluding hydrogens is 394 g/mol. The molecule has 2 aliphatic rings. The molecule has 2 aliphatic heterocycles. The molecule has 1 atom stereocenters. The van der Waals surface area contributed by atoms with Crippen LogP contribution < -0.4 is 10.6 Å². The zero-order valence-corrected chi connectivity index (χ0v) is 16.1. The predicted molar refractivity (Wildman–Crippen MR) is 118 cm³/mol. The molecule has 6 rings (SSSR count). The van der Waals surface area contributed by atoms with Crippen LogP contribution in [0.15, 0.2) is 84.4 Å². The van der Waals surface area contributed by atoms with E-state index in [1.165, 1.54) is 12.1 Å². The number of hydrogen-bond acceptors (Lipinski definition) is 6. The third kappa shape index (κ3) is 2.56. The minimum absolute atomic E-state index is 0.0435. The SMILES string of the molecule is O=C1C2=C(Nc3cc([N+](=O)[O-])ccc3N2)OC1c1c2ccccc2cc2ccccc12. The molecule has 2 N–H and O–H groups in total. The summed E-state index contributed by atoms with van der Waals surface area (Å²) in [5.74, 6) is 0.0908. The number of carbonyl (C=O) groups excluding carboxylic acids is 1. The molecule has 150 valence electrons. The maximum atomic E-state index is 13.4. The Bertz CT molecular complexity index is 1420. The fourth-order valence-corrected chi connectivity index (χ4v) is 4.32. The lowest BCUT2D eigenvalue weighted by molar-refractivity contribution is -0.384. The monoisotopic (exact) mass is 409 g/mol. The number of ketones is 1. The van der Waals surface area contributed by atoms with E-state index in [-0.39, 0.29) is 17.4 Å². The third-order valence-corrected chi connectivity index (χ3v) is 5.74. The van der Waals surface area contributed by atoms with Crippen molar-refractivity contribution in [1.29, 1.82) is 0 Å². The van der Waals surface area contributed by atoms with Crippen LogP contribution in [0.3, 0.4) is 0 Å². The number of nitrogens with zero attached hydrogens (tertiary/aromatic N) is 1.